The largest absolute Gasteiger partial charge is 0.386 e. The van der Waals surface area contributed by atoms with Gasteiger partial charge in [0.15, 0.2) is 0 Å². The topological polar surface area (TPSA) is 20.2 Å². The molecule has 0 heterocycles. The first-order valence-electron chi connectivity index (χ1n) is 4.58. The third-order valence-corrected chi connectivity index (χ3v) is 2.63. The quantitative estimate of drug-likeness (QED) is 0.790. The molecule has 1 aromatic rings. The van der Waals surface area contributed by atoms with E-state index in [1.54, 1.807) is 0 Å². The van der Waals surface area contributed by atoms with E-state index in [4.69, 9.17) is 23.2 Å². The van der Waals surface area contributed by atoms with Crippen LogP contribution < -0.4 is 0 Å². The van der Waals surface area contributed by atoms with Gasteiger partial charge >= 0.3 is 0 Å². The standard InChI is InChI=1S/C11H14Cl2O/c1-7(2)8-4-3-5-9(6-8)10(14)11(12)13/h3-7,10-11,14H,1-2H3. The van der Waals surface area contributed by atoms with Gasteiger partial charge in [-0.15, -0.1) is 23.2 Å². The van der Waals surface area contributed by atoms with Crippen LogP contribution in [0.1, 0.15) is 37.0 Å². The summed E-state index contributed by atoms with van der Waals surface area (Å²) in [6.07, 6.45) is -0.808. The van der Waals surface area contributed by atoms with E-state index in [1.165, 1.54) is 5.56 Å². The van der Waals surface area contributed by atoms with E-state index >= 15 is 0 Å². The highest BCUT2D eigenvalue weighted by Gasteiger charge is 2.16. The Bertz CT molecular complexity index is 297. The van der Waals surface area contributed by atoms with Gasteiger partial charge in [-0.2, -0.15) is 0 Å². The van der Waals surface area contributed by atoms with Crippen LogP contribution in [-0.2, 0) is 0 Å². The maximum Gasteiger partial charge on any atom is 0.137 e. The zero-order chi connectivity index (χ0) is 10.7. The molecule has 0 amide bonds. The molecule has 3 heteroatoms. The lowest BCUT2D eigenvalue weighted by Gasteiger charge is -2.14. The van der Waals surface area contributed by atoms with Crippen LogP contribution >= 0.6 is 23.2 Å². The summed E-state index contributed by atoms with van der Waals surface area (Å²) in [5.74, 6) is 0.436. The minimum absolute atomic E-state index is 0.436. The van der Waals surface area contributed by atoms with Crippen molar-refractivity contribution >= 4 is 23.2 Å². The van der Waals surface area contributed by atoms with E-state index in [-0.39, 0.29) is 0 Å². The number of alkyl halides is 2. The average Bonchev–Trinajstić information content (AvgIpc) is 2.16. The van der Waals surface area contributed by atoms with E-state index in [2.05, 4.69) is 13.8 Å². The lowest BCUT2D eigenvalue weighted by Crippen LogP contribution is -2.06. The van der Waals surface area contributed by atoms with Crippen LogP contribution in [0.4, 0.5) is 0 Å². The molecule has 78 valence electrons. The van der Waals surface area contributed by atoms with Gasteiger partial charge in [-0.25, -0.2) is 0 Å². The Hall–Kier alpha value is -0.240. The zero-order valence-electron chi connectivity index (χ0n) is 8.24. The third-order valence-electron chi connectivity index (χ3n) is 2.16. The van der Waals surface area contributed by atoms with Crippen molar-refractivity contribution in [2.45, 2.75) is 30.7 Å². The molecule has 1 N–H and O–H groups in total. The van der Waals surface area contributed by atoms with Crippen LogP contribution in [0.2, 0.25) is 0 Å². The molecule has 1 aromatic carbocycles. The molecule has 1 atom stereocenters. The number of hydrogen-bond donors (Lipinski definition) is 1. The van der Waals surface area contributed by atoms with Crippen LogP contribution in [0.25, 0.3) is 0 Å². The van der Waals surface area contributed by atoms with Gasteiger partial charge in [-0.1, -0.05) is 38.1 Å². The lowest BCUT2D eigenvalue weighted by atomic mass is 9.99. The smallest absolute Gasteiger partial charge is 0.137 e. The molecule has 0 aromatic heterocycles. The molecule has 0 aliphatic heterocycles. The van der Waals surface area contributed by atoms with Gasteiger partial charge in [-0.05, 0) is 17.0 Å². The van der Waals surface area contributed by atoms with Gasteiger partial charge in [0.1, 0.15) is 10.9 Å². The van der Waals surface area contributed by atoms with Crippen molar-refractivity contribution in [3.8, 4) is 0 Å². The van der Waals surface area contributed by atoms with E-state index < -0.39 is 10.9 Å². The summed E-state index contributed by atoms with van der Waals surface area (Å²) in [6.45, 7) is 4.20. The highest BCUT2D eigenvalue weighted by atomic mass is 35.5. The Morgan fingerprint density at radius 1 is 1.14 bits per heavy atom. The van der Waals surface area contributed by atoms with E-state index in [9.17, 15) is 5.11 Å². The fourth-order valence-corrected chi connectivity index (χ4v) is 1.54. The minimum Gasteiger partial charge on any atom is -0.386 e. The molecule has 14 heavy (non-hydrogen) atoms. The first-order valence-corrected chi connectivity index (χ1v) is 5.45. The van der Waals surface area contributed by atoms with Crippen LogP contribution in [0.3, 0.4) is 0 Å². The van der Waals surface area contributed by atoms with Crippen molar-refractivity contribution in [2.75, 3.05) is 0 Å². The fraction of sp³-hybridized carbons (Fsp3) is 0.455. The number of aliphatic hydroxyl groups is 1. The maximum absolute atomic E-state index is 9.64. The molecule has 0 aliphatic carbocycles. The Morgan fingerprint density at radius 2 is 1.71 bits per heavy atom. The Labute approximate surface area is 94.7 Å². The molecule has 0 spiro atoms. The molecule has 0 fully saturated rings. The summed E-state index contributed by atoms with van der Waals surface area (Å²) in [5.41, 5.74) is 1.95. The second-order valence-electron chi connectivity index (χ2n) is 3.60. The second kappa shape index (κ2) is 5.01. The molecule has 0 saturated heterocycles. The van der Waals surface area contributed by atoms with Crippen molar-refractivity contribution in [1.29, 1.82) is 0 Å². The summed E-state index contributed by atoms with van der Waals surface area (Å²) in [7, 11) is 0. The lowest BCUT2D eigenvalue weighted by molar-refractivity contribution is 0.192. The van der Waals surface area contributed by atoms with Crippen molar-refractivity contribution in [1.82, 2.24) is 0 Å². The Morgan fingerprint density at radius 3 is 2.21 bits per heavy atom. The molecule has 0 bridgehead atoms. The monoisotopic (exact) mass is 232 g/mol. The average molecular weight is 233 g/mol. The summed E-state index contributed by atoms with van der Waals surface area (Å²) >= 11 is 11.2. The van der Waals surface area contributed by atoms with Crippen LogP contribution in [0.5, 0.6) is 0 Å². The summed E-state index contributed by atoms with van der Waals surface area (Å²) in [6, 6.07) is 7.70. The van der Waals surface area contributed by atoms with E-state index in [0.717, 1.165) is 5.56 Å². The number of rotatable bonds is 3. The van der Waals surface area contributed by atoms with Gasteiger partial charge < -0.3 is 5.11 Å². The number of hydrogen-bond acceptors (Lipinski definition) is 1. The van der Waals surface area contributed by atoms with E-state index in [1.807, 2.05) is 24.3 Å². The van der Waals surface area contributed by atoms with Crippen LogP contribution in [-0.4, -0.2) is 9.94 Å². The summed E-state index contributed by atoms with van der Waals surface area (Å²) in [4.78, 5) is -0.780. The highest BCUT2D eigenvalue weighted by molar-refractivity contribution is 6.44. The molecule has 0 aliphatic rings. The predicted molar refractivity (Wildman–Crippen MR) is 61.0 cm³/mol. The van der Waals surface area contributed by atoms with E-state index in [0.29, 0.717) is 5.92 Å². The van der Waals surface area contributed by atoms with Gasteiger partial charge in [0.05, 0.1) is 0 Å². The van der Waals surface area contributed by atoms with Crippen molar-refractivity contribution in [3.63, 3.8) is 0 Å². The minimum atomic E-state index is -0.808. The number of aliphatic hydroxyl groups excluding tert-OH is 1. The summed E-state index contributed by atoms with van der Waals surface area (Å²) < 4.78 is 0. The predicted octanol–water partition coefficient (Wildman–Crippen LogP) is 3.65. The van der Waals surface area contributed by atoms with Crippen LogP contribution in [0.15, 0.2) is 24.3 Å². The van der Waals surface area contributed by atoms with Crippen molar-refractivity contribution < 1.29 is 5.11 Å². The molecule has 0 saturated carbocycles. The zero-order valence-corrected chi connectivity index (χ0v) is 9.76. The maximum atomic E-state index is 9.64. The second-order valence-corrected chi connectivity index (χ2v) is 4.77. The van der Waals surface area contributed by atoms with Gasteiger partial charge in [-0.3, -0.25) is 0 Å². The van der Waals surface area contributed by atoms with Gasteiger partial charge in [0, 0.05) is 0 Å². The molecule has 1 rings (SSSR count). The summed E-state index contributed by atoms with van der Waals surface area (Å²) in [5, 5.41) is 9.64. The molecule has 0 radical (unpaired) electrons. The Balaban J connectivity index is 2.93. The number of benzene rings is 1. The van der Waals surface area contributed by atoms with Crippen molar-refractivity contribution in [3.05, 3.63) is 35.4 Å². The van der Waals surface area contributed by atoms with Crippen molar-refractivity contribution in [2.24, 2.45) is 0 Å². The third kappa shape index (κ3) is 2.88. The van der Waals surface area contributed by atoms with Gasteiger partial charge in [0.25, 0.3) is 0 Å². The fourth-order valence-electron chi connectivity index (χ4n) is 1.25. The van der Waals surface area contributed by atoms with Crippen LogP contribution in [0, 0.1) is 0 Å². The van der Waals surface area contributed by atoms with Gasteiger partial charge in [0.2, 0.25) is 0 Å². The first kappa shape index (κ1) is 11.8. The number of halogens is 2. The Kier molecular flexibility index (Phi) is 4.24. The normalized spacial score (nSPS) is 13.6. The highest BCUT2D eigenvalue weighted by Crippen LogP contribution is 2.26. The SMILES string of the molecule is CC(C)c1cccc(C(O)C(Cl)Cl)c1. The molecular formula is C11H14Cl2O. The molecule has 1 unspecified atom stereocenters. The molecular weight excluding hydrogens is 219 g/mol. The first-order chi connectivity index (χ1) is 6.52. The molecule has 1 nitrogen and oxygen atoms in total.